The van der Waals surface area contributed by atoms with Gasteiger partial charge in [-0.05, 0) is 38.1 Å². The molecule has 3 rings (SSSR count). The van der Waals surface area contributed by atoms with Crippen molar-refractivity contribution >= 4 is 27.3 Å². The lowest BCUT2D eigenvalue weighted by Crippen LogP contribution is -2.30. The summed E-state index contributed by atoms with van der Waals surface area (Å²) in [6.07, 6.45) is 1.19. The second-order valence-electron chi connectivity index (χ2n) is 6.70. The fourth-order valence-electron chi connectivity index (χ4n) is 2.83. The quantitative estimate of drug-likeness (QED) is 0.545. The fraction of sp³-hybridized carbons (Fsp3) is 0.278. The number of hydrogen-bond acceptors (Lipinski definition) is 7. The Morgan fingerprint density at radius 3 is 2.58 bits per heavy atom. The largest absolute Gasteiger partial charge is 0.501 e. The topological polar surface area (TPSA) is 129 Å². The summed E-state index contributed by atoms with van der Waals surface area (Å²) >= 11 is 5.76. The Morgan fingerprint density at radius 2 is 1.94 bits per heavy atom. The zero-order chi connectivity index (χ0) is 24.6. The van der Waals surface area contributed by atoms with Crippen molar-refractivity contribution in [2.45, 2.75) is 36.8 Å². The molecule has 0 radical (unpaired) electrons. The summed E-state index contributed by atoms with van der Waals surface area (Å²) in [5.74, 6) is -0.460. The SMILES string of the molecule is CCn1nc(-n2ncnc2C(C)NC(=O)c2cc(Cl)cc(S(=O)(=O)C(F)(F)F)c2)ccc1=O. The number of carbonyl (C=O) groups is 1. The number of aromatic nitrogens is 5. The lowest BCUT2D eigenvalue weighted by atomic mass is 10.2. The Morgan fingerprint density at radius 1 is 1.24 bits per heavy atom. The molecule has 0 aliphatic carbocycles. The highest BCUT2D eigenvalue weighted by Crippen LogP contribution is 2.32. The summed E-state index contributed by atoms with van der Waals surface area (Å²) in [7, 11) is -5.71. The first-order valence-electron chi connectivity index (χ1n) is 9.26. The maximum atomic E-state index is 12.9. The van der Waals surface area contributed by atoms with Gasteiger partial charge in [0.2, 0.25) is 0 Å². The summed E-state index contributed by atoms with van der Waals surface area (Å²) in [5, 5.41) is 10.3. The van der Waals surface area contributed by atoms with Gasteiger partial charge in [0.15, 0.2) is 11.6 Å². The Labute approximate surface area is 189 Å². The third-order valence-corrected chi connectivity index (χ3v) is 6.11. The van der Waals surface area contributed by atoms with E-state index in [1.54, 1.807) is 6.92 Å². The number of alkyl halides is 3. The average molecular weight is 505 g/mol. The Kier molecular flexibility index (Phi) is 6.61. The number of sulfone groups is 1. The number of rotatable bonds is 6. The predicted molar refractivity (Wildman–Crippen MR) is 110 cm³/mol. The zero-order valence-corrected chi connectivity index (χ0v) is 18.6. The first kappa shape index (κ1) is 24.4. The lowest BCUT2D eigenvalue weighted by molar-refractivity contribution is -0.0436. The van der Waals surface area contributed by atoms with Crippen LogP contribution in [0.1, 0.15) is 36.1 Å². The molecule has 176 valence electrons. The molecule has 0 saturated heterocycles. The van der Waals surface area contributed by atoms with Crippen molar-refractivity contribution < 1.29 is 26.4 Å². The summed E-state index contributed by atoms with van der Waals surface area (Å²) < 4.78 is 64.5. The van der Waals surface area contributed by atoms with Gasteiger partial charge in [-0.1, -0.05) is 11.6 Å². The first-order chi connectivity index (χ1) is 15.3. The summed E-state index contributed by atoms with van der Waals surface area (Å²) in [4.78, 5) is 27.3. The van der Waals surface area contributed by atoms with Gasteiger partial charge < -0.3 is 5.32 Å². The van der Waals surface area contributed by atoms with Crippen molar-refractivity contribution in [3.05, 3.63) is 63.4 Å². The summed E-state index contributed by atoms with van der Waals surface area (Å²) in [6.45, 7) is 3.55. The van der Waals surface area contributed by atoms with Crippen LogP contribution in [0.15, 0.2) is 46.3 Å². The van der Waals surface area contributed by atoms with Gasteiger partial charge in [0.05, 0.1) is 10.9 Å². The van der Waals surface area contributed by atoms with Crippen LogP contribution in [0, 0.1) is 0 Å². The minimum Gasteiger partial charge on any atom is -0.342 e. The molecular formula is C18H16ClF3N6O4S. The smallest absolute Gasteiger partial charge is 0.342 e. The molecule has 0 saturated carbocycles. The molecule has 1 aromatic carbocycles. The van der Waals surface area contributed by atoms with Crippen molar-refractivity contribution in [2.75, 3.05) is 0 Å². The van der Waals surface area contributed by atoms with Gasteiger partial charge in [-0.2, -0.15) is 23.0 Å². The highest BCUT2D eigenvalue weighted by atomic mass is 35.5. The van der Waals surface area contributed by atoms with E-state index in [-0.39, 0.29) is 22.2 Å². The molecule has 0 fully saturated rings. The van der Waals surface area contributed by atoms with Crippen LogP contribution in [-0.4, -0.2) is 44.4 Å². The van der Waals surface area contributed by atoms with E-state index in [0.29, 0.717) is 18.7 Å². The maximum Gasteiger partial charge on any atom is 0.501 e. The summed E-state index contributed by atoms with van der Waals surface area (Å²) in [5.41, 5.74) is -6.28. The lowest BCUT2D eigenvalue weighted by Gasteiger charge is -2.15. The number of hydrogen-bond donors (Lipinski definition) is 1. The molecule has 0 bridgehead atoms. The van der Waals surface area contributed by atoms with E-state index in [4.69, 9.17) is 11.6 Å². The van der Waals surface area contributed by atoms with E-state index in [2.05, 4.69) is 20.5 Å². The van der Waals surface area contributed by atoms with Gasteiger partial charge in [-0.3, -0.25) is 9.59 Å². The molecule has 1 amide bonds. The standard InChI is InChI=1S/C18H16ClF3N6O4S/c1-3-27-15(29)5-4-14(26-27)28-16(23-9-24-28)10(2)25-17(30)11-6-12(19)8-13(7-11)33(31,32)18(20,21)22/h4-10H,3H2,1-2H3,(H,25,30). The number of amides is 1. The number of nitrogens with one attached hydrogen (secondary N) is 1. The molecule has 0 aliphatic rings. The van der Waals surface area contributed by atoms with Crippen LogP contribution in [0.3, 0.4) is 0 Å². The number of aryl methyl sites for hydroxylation is 1. The maximum absolute atomic E-state index is 12.9. The molecule has 10 nitrogen and oxygen atoms in total. The molecule has 15 heteroatoms. The molecule has 0 spiro atoms. The van der Waals surface area contributed by atoms with Crippen molar-refractivity contribution in [1.82, 2.24) is 29.9 Å². The van der Waals surface area contributed by atoms with Crippen LogP contribution in [0.5, 0.6) is 0 Å². The number of halogens is 4. The van der Waals surface area contributed by atoms with E-state index < -0.39 is 37.8 Å². The van der Waals surface area contributed by atoms with E-state index in [1.807, 2.05) is 0 Å². The van der Waals surface area contributed by atoms with Crippen molar-refractivity contribution in [1.29, 1.82) is 0 Å². The highest BCUT2D eigenvalue weighted by molar-refractivity contribution is 7.92. The molecule has 2 aromatic heterocycles. The first-order valence-corrected chi connectivity index (χ1v) is 11.1. The molecule has 2 heterocycles. The van der Waals surface area contributed by atoms with Gasteiger partial charge in [-0.25, -0.2) is 18.1 Å². The van der Waals surface area contributed by atoms with Gasteiger partial charge in [0.25, 0.3) is 21.3 Å². The van der Waals surface area contributed by atoms with E-state index in [0.717, 1.165) is 6.07 Å². The number of benzene rings is 1. The highest BCUT2D eigenvalue weighted by Gasteiger charge is 2.47. The second-order valence-corrected chi connectivity index (χ2v) is 9.07. The van der Waals surface area contributed by atoms with Crippen LogP contribution in [0.25, 0.3) is 5.82 Å². The average Bonchev–Trinajstić information content (AvgIpc) is 3.23. The van der Waals surface area contributed by atoms with Crippen molar-refractivity contribution in [3.63, 3.8) is 0 Å². The number of carbonyl (C=O) groups excluding carboxylic acids is 1. The Hall–Kier alpha value is -3.26. The van der Waals surface area contributed by atoms with Gasteiger partial charge in [0.1, 0.15) is 6.33 Å². The second kappa shape index (κ2) is 8.94. The molecule has 0 aliphatic heterocycles. The zero-order valence-electron chi connectivity index (χ0n) is 17.0. The predicted octanol–water partition coefficient (Wildman–Crippen LogP) is 2.28. The summed E-state index contributed by atoms with van der Waals surface area (Å²) in [6, 6.07) is 4.07. The monoisotopic (exact) mass is 504 g/mol. The Balaban J connectivity index is 1.90. The van der Waals surface area contributed by atoms with Crippen LogP contribution in [-0.2, 0) is 16.4 Å². The minimum absolute atomic E-state index is 0.197. The van der Waals surface area contributed by atoms with Crippen molar-refractivity contribution in [3.8, 4) is 5.82 Å². The van der Waals surface area contributed by atoms with Crippen molar-refractivity contribution in [2.24, 2.45) is 0 Å². The molecule has 3 aromatic rings. The molecule has 1 atom stereocenters. The Bertz CT molecular complexity index is 1370. The van der Waals surface area contributed by atoms with E-state index >= 15 is 0 Å². The van der Waals surface area contributed by atoms with E-state index in [9.17, 15) is 31.2 Å². The van der Waals surface area contributed by atoms with Gasteiger partial charge in [-0.15, -0.1) is 5.10 Å². The molecule has 33 heavy (non-hydrogen) atoms. The molecular weight excluding hydrogens is 489 g/mol. The third kappa shape index (κ3) is 4.90. The van der Waals surface area contributed by atoms with Crippen LogP contribution in [0.4, 0.5) is 13.2 Å². The van der Waals surface area contributed by atoms with Gasteiger partial charge in [0, 0.05) is 23.2 Å². The normalized spacial score (nSPS) is 13.0. The van der Waals surface area contributed by atoms with Crippen LogP contribution in [0.2, 0.25) is 5.02 Å². The molecule has 1 N–H and O–H groups in total. The fourth-order valence-corrected chi connectivity index (χ4v) is 3.96. The van der Waals surface area contributed by atoms with Crippen LogP contribution >= 0.6 is 11.6 Å². The number of nitrogens with zero attached hydrogens (tertiary/aromatic N) is 5. The van der Waals surface area contributed by atoms with Gasteiger partial charge >= 0.3 is 5.51 Å². The third-order valence-electron chi connectivity index (χ3n) is 4.43. The van der Waals surface area contributed by atoms with Crippen LogP contribution < -0.4 is 10.9 Å². The minimum atomic E-state index is -5.71. The molecule has 1 unspecified atom stereocenters. The van der Waals surface area contributed by atoms with E-state index in [1.165, 1.54) is 34.7 Å².